The normalized spacial score (nSPS) is 20.0. The van der Waals surface area contributed by atoms with E-state index < -0.39 is 0 Å². The van der Waals surface area contributed by atoms with Gasteiger partial charge in [0.25, 0.3) is 0 Å². The lowest BCUT2D eigenvalue weighted by Gasteiger charge is -2.23. The minimum absolute atomic E-state index is 0. The molecule has 1 aromatic carbocycles. The van der Waals surface area contributed by atoms with Gasteiger partial charge in [-0.05, 0) is 61.7 Å². The van der Waals surface area contributed by atoms with Crippen LogP contribution in [-0.4, -0.2) is 29.9 Å². The van der Waals surface area contributed by atoms with Crippen LogP contribution in [-0.2, 0) is 11.3 Å². The highest BCUT2D eigenvalue weighted by Crippen LogP contribution is 2.30. The van der Waals surface area contributed by atoms with Crippen molar-refractivity contribution in [1.82, 2.24) is 10.2 Å². The van der Waals surface area contributed by atoms with E-state index in [0.29, 0.717) is 30.2 Å². The van der Waals surface area contributed by atoms with Gasteiger partial charge in [-0.15, -0.1) is 12.4 Å². The third-order valence-corrected chi connectivity index (χ3v) is 5.24. The number of hydrogen-bond donors (Lipinski definition) is 1. The monoisotopic (exact) mass is 350 g/mol. The molecule has 0 radical (unpaired) electrons. The Balaban J connectivity index is 0.00000208. The molecule has 1 N–H and O–H groups in total. The average Bonchev–Trinajstić information content (AvgIpc) is 3.26. The fraction of sp³-hybridized carbons (Fsp3) is 0.650. The van der Waals surface area contributed by atoms with Gasteiger partial charge in [0.05, 0.1) is 0 Å². The molecular formula is C20H31ClN2O. The number of rotatable bonds is 7. The van der Waals surface area contributed by atoms with E-state index in [4.69, 9.17) is 0 Å². The van der Waals surface area contributed by atoms with Crippen LogP contribution in [0.3, 0.4) is 0 Å². The van der Waals surface area contributed by atoms with Crippen molar-refractivity contribution in [2.45, 2.75) is 64.5 Å². The molecule has 1 aromatic rings. The lowest BCUT2D eigenvalue weighted by atomic mass is 10.0. The third-order valence-electron chi connectivity index (χ3n) is 5.24. The minimum atomic E-state index is 0. The smallest absolute Gasteiger partial charge is 0.223 e. The number of nitrogens with zero attached hydrogens (tertiary/aromatic N) is 1. The van der Waals surface area contributed by atoms with Gasteiger partial charge in [-0.25, -0.2) is 0 Å². The van der Waals surface area contributed by atoms with Crippen molar-refractivity contribution >= 4 is 18.3 Å². The van der Waals surface area contributed by atoms with E-state index in [-0.39, 0.29) is 12.4 Å². The maximum atomic E-state index is 12.7. The number of carbonyl (C=O) groups excluding carboxylic acids is 1. The summed E-state index contributed by atoms with van der Waals surface area (Å²) >= 11 is 0. The molecule has 1 aliphatic heterocycles. The number of halogens is 1. The van der Waals surface area contributed by atoms with Crippen molar-refractivity contribution in [2.24, 2.45) is 5.92 Å². The van der Waals surface area contributed by atoms with E-state index in [1.54, 1.807) is 0 Å². The minimum Gasteiger partial charge on any atom is -0.335 e. The van der Waals surface area contributed by atoms with Crippen LogP contribution in [0.1, 0.15) is 63.0 Å². The first-order valence-electron chi connectivity index (χ1n) is 9.22. The molecule has 0 aromatic heterocycles. The van der Waals surface area contributed by atoms with E-state index in [0.717, 1.165) is 26.1 Å². The Labute approximate surface area is 152 Å². The van der Waals surface area contributed by atoms with Crippen molar-refractivity contribution in [3.05, 3.63) is 35.4 Å². The lowest BCUT2D eigenvalue weighted by molar-refractivity contribution is -0.132. The molecule has 0 spiro atoms. The fourth-order valence-electron chi connectivity index (χ4n) is 3.44. The maximum absolute atomic E-state index is 12.7. The van der Waals surface area contributed by atoms with E-state index in [1.807, 2.05) is 0 Å². The zero-order valence-electron chi connectivity index (χ0n) is 15.0. The fourth-order valence-corrected chi connectivity index (χ4v) is 3.44. The SMILES string of the molecule is CC(C)c1ccc(CN(C(=O)CCC2CCNC2)C2CC2)cc1.Cl. The van der Waals surface area contributed by atoms with Crippen LogP contribution in [0.15, 0.2) is 24.3 Å². The molecular weight excluding hydrogens is 320 g/mol. The lowest BCUT2D eigenvalue weighted by Crippen LogP contribution is -2.32. The molecule has 3 rings (SSSR count). The summed E-state index contributed by atoms with van der Waals surface area (Å²) in [7, 11) is 0. The predicted octanol–water partition coefficient (Wildman–Crippen LogP) is 4.11. The van der Waals surface area contributed by atoms with Gasteiger partial charge in [-0.2, -0.15) is 0 Å². The Morgan fingerprint density at radius 3 is 2.46 bits per heavy atom. The van der Waals surface area contributed by atoms with Crippen LogP contribution in [0.5, 0.6) is 0 Å². The molecule has 1 aliphatic carbocycles. The van der Waals surface area contributed by atoms with Gasteiger partial charge >= 0.3 is 0 Å². The molecule has 134 valence electrons. The molecule has 2 fully saturated rings. The summed E-state index contributed by atoms with van der Waals surface area (Å²) in [6.45, 7) is 7.42. The highest BCUT2D eigenvalue weighted by Gasteiger charge is 2.32. The highest BCUT2D eigenvalue weighted by molar-refractivity contribution is 5.85. The molecule has 1 saturated heterocycles. The standard InChI is InChI=1S/C20H30N2O.ClH/c1-15(2)18-6-3-17(4-7-18)14-22(19-8-9-19)20(23)10-5-16-11-12-21-13-16;/h3-4,6-7,15-16,19,21H,5,8-14H2,1-2H3;1H. The second kappa shape index (κ2) is 8.87. The molecule has 1 unspecified atom stereocenters. The summed E-state index contributed by atoms with van der Waals surface area (Å²) < 4.78 is 0. The third kappa shape index (κ3) is 5.22. The van der Waals surface area contributed by atoms with Gasteiger partial charge in [0.1, 0.15) is 0 Å². The van der Waals surface area contributed by atoms with Crippen LogP contribution in [0.2, 0.25) is 0 Å². The van der Waals surface area contributed by atoms with Crippen molar-refractivity contribution in [3.63, 3.8) is 0 Å². The molecule has 24 heavy (non-hydrogen) atoms. The van der Waals surface area contributed by atoms with Crippen molar-refractivity contribution in [3.8, 4) is 0 Å². The molecule has 1 saturated carbocycles. The molecule has 2 aliphatic rings. The van der Waals surface area contributed by atoms with Crippen LogP contribution in [0, 0.1) is 5.92 Å². The summed E-state index contributed by atoms with van der Waals surface area (Å²) in [5.41, 5.74) is 2.63. The first-order valence-corrected chi connectivity index (χ1v) is 9.22. The second-order valence-corrected chi connectivity index (χ2v) is 7.55. The van der Waals surface area contributed by atoms with E-state index in [1.165, 1.54) is 30.4 Å². The molecule has 1 amide bonds. The van der Waals surface area contributed by atoms with Crippen LogP contribution >= 0.6 is 12.4 Å². The Kier molecular flexibility index (Phi) is 7.12. The van der Waals surface area contributed by atoms with Gasteiger partial charge in [0, 0.05) is 19.0 Å². The van der Waals surface area contributed by atoms with Crippen molar-refractivity contribution in [2.75, 3.05) is 13.1 Å². The topological polar surface area (TPSA) is 32.3 Å². The predicted molar refractivity (Wildman–Crippen MR) is 102 cm³/mol. The number of hydrogen-bond acceptors (Lipinski definition) is 2. The highest BCUT2D eigenvalue weighted by atomic mass is 35.5. The van der Waals surface area contributed by atoms with Crippen LogP contribution < -0.4 is 5.32 Å². The van der Waals surface area contributed by atoms with E-state index >= 15 is 0 Å². The van der Waals surface area contributed by atoms with Crippen LogP contribution in [0.4, 0.5) is 0 Å². The Hall–Kier alpha value is -1.06. The Morgan fingerprint density at radius 2 is 1.92 bits per heavy atom. The first-order chi connectivity index (χ1) is 11.1. The molecule has 3 nitrogen and oxygen atoms in total. The van der Waals surface area contributed by atoms with Gasteiger partial charge in [0.2, 0.25) is 5.91 Å². The number of amides is 1. The Bertz CT molecular complexity index is 519. The maximum Gasteiger partial charge on any atom is 0.223 e. The van der Waals surface area contributed by atoms with E-state index in [2.05, 4.69) is 48.3 Å². The summed E-state index contributed by atoms with van der Waals surface area (Å²) in [5, 5.41) is 3.39. The molecule has 1 atom stereocenters. The average molecular weight is 351 g/mol. The quantitative estimate of drug-likeness (QED) is 0.802. The number of benzene rings is 1. The molecule has 4 heteroatoms. The van der Waals surface area contributed by atoms with Crippen molar-refractivity contribution in [1.29, 1.82) is 0 Å². The summed E-state index contributed by atoms with van der Waals surface area (Å²) in [4.78, 5) is 14.8. The number of carbonyl (C=O) groups is 1. The number of nitrogens with one attached hydrogen (secondary N) is 1. The largest absolute Gasteiger partial charge is 0.335 e. The van der Waals surface area contributed by atoms with Crippen LogP contribution in [0.25, 0.3) is 0 Å². The molecule has 1 heterocycles. The van der Waals surface area contributed by atoms with Crippen molar-refractivity contribution < 1.29 is 4.79 Å². The zero-order valence-corrected chi connectivity index (χ0v) is 15.8. The van der Waals surface area contributed by atoms with Gasteiger partial charge < -0.3 is 10.2 Å². The molecule has 0 bridgehead atoms. The zero-order chi connectivity index (χ0) is 16.2. The summed E-state index contributed by atoms with van der Waals surface area (Å²) in [6.07, 6.45) is 5.35. The first kappa shape index (κ1) is 19.3. The van der Waals surface area contributed by atoms with Gasteiger partial charge in [-0.3, -0.25) is 4.79 Å². The second-order valence-electron chi connectivity index (χ2n) is 7.55. The van der Waals surface area contributed by atoms with Gasteiger partial charge in [-0.1, -0.05) is 38.1 Å². The van der Waals surface area contributed by atoms with Gasteiger partial charge in [0.15, 0.2) is 0 Å². The Morgan fingerprint density at radius 1 is 1.21 bits per heavy atom. The van der Waals surface area contributed by atoms with E-state index in [9.17, 15) is 4.79 Å². The summed E-state index contributed by atoms with van der Waals surface area (Å²) in [6, 6.07) is 9.30. The summed E-state index contributed by atoms with van der Waals surface area (Å²) in [5.74, 6) is 1.61.